The van der Waals surface area contributed by atoms with Crippen molar-refractivity contribution in [3.8, 4) is 11.5 Å². The van der Waals surface area contributed by atoms with Crippen molar-refractivity contribution in [2.45, 2.75) is 26.4 Å². The minimum Gasteiger partial charge on any atom is -0.490 e. The summed E-state index contributed by atoms with van der Waals surface area (Å²) in [6.45, 7) is 4.22. The Labute approximate surface area is 162 Å². The van der Waals surface area contributed by atoms with E-state index in [2.05, 4.69) is 0 Å². The second kappa shape index (κ2) is 8.38. The Kier molecular flexibility index (Phi) is 5.93. The largest absolute Gasteiger partial charge is 0.490 e. The Bertz CT molecular complexity index is 979. The van der Waals surface area contributed by atoms with Crippen LogP contribution in [0.3, 0.4) is 0 Å². The molecular weight excluding hydrogens is 365 g/mol. The van der Waals surface area contributed by atoms with E-state index in [0.29, 0.717) is 23.1 Å². The summed E-state index contributed by atoms with van der Waals surface area (Å²) in [7, 11) is 0. The van der Waals surface area contributed by atoms with Gasteiger partial charge in [0.25, 0.3) is 0 Å². The van der Waals surface area contributed by atoms with Gasteiger partial charge in [0.2, 0.25) is 0 Å². The maximum atomic E-state index is 14.5. The zero-order valence-electron chi connectivity index (χ0n) is 15.7. The lowest BCUT2D eigenvalue weighted by Crippen LogP contribution is -2.22. The number of allylic oxidation sites excluding steroid dienone is 1. The summed E-state index contributed by atoms with van der Waals surface area (Å²) in [6, 6.07) is 13.3. The summed E-state index contributed by atoms with van der Waals surface area (Å²) >= 11 is 0. The molecule has 0 aliphatic carbocycles. The molecule has 0 aromatic heterocycles. The molecule has 0 saturated heterocycles. The molecule has 2 nitrogen and oxygen atoms in total. The summed E-state index contributed by atoms with van der Waals surface area (Å²) in [5, 5.41) is 1.12. The first-order valence-corrected chi connectivity index (χ1v) is 9.06. The van der Waals surface area contributed by atoms with Gasteiger partial charge in [-0.3, -0.25) is 0 Å². The summed E-state index contributed by atoms with van der Waals surface area (Å²) in [5.74, 6) is -0.789. The summed E-state index contributed by atoms with van der Waals surface area (Å²) in [4.78, 5) is 0. The van der Waals surface area contributed by atoms with Gasteiger partial charge in [0, 0.05) is 0 Å². The van der Waals surface area contributed by atoms with Crippen LogP contribution in [0.25, 0.3) is 10.8 Å². The van der Waals surface area contributed by atoms with E-state index in [1.807, 2.05) is 26.0 Å². The molecule has 0 aliphatic heterocycles. The highest BCUT2D eigenvalue weighted by molar-refractivity contribution is 5.85. The second-order valence-electron chi connectivity index (χ2n) is 6.34. The van der Waals surface area contributed by atoms with Gasteiger partial charge in [0.1, 0.15) is 12.4 Å². The molecule has 0 fully saturated rings. The fourth-order valence-corrected chi connectivity index (χ4v) is 2.77. The Morgan fingerprint density at radius 2 is 1.71 bits per heavy atom. The summed E-state index contributed by atoms with van der Waals surface area (Å²) in [6.07, 6.45) is 0.805. The molecular formula is C23H21F3O2. The van der Waals surface area contributed by atoms with E-state index in [-0.39, 0.29) is 5.56 Å². The van der Waals surface area contributed by atoms with Crippen LogP contribution in [0.4, 0.5) is 13.2 Å². The van der Waals surface area contributed by atoms with Gasteiger partial charge in [-0.25, -0.2) is 4.39 Å². The first kappa shape index (κ1) is 19.8. The molecule has 0 bridgehead atoms. The van der Waals surface area contributed by atoms with Crippen molar-refractivity contribution in [2.24, 2.45) is 0 Å². The quantitative estimate of drug-likeness (QED) is 0.425. The predicted molar refractivity (Wildman–Crippen MR) is 105 cm³/mol. The molecule has 0 saturated carbocycles. The zero-order chi connectivity index (χ0) is 20.1. The molecule has 28 heavy (non-hydrogen) atoms. The Hall–Kier alpha value is -2.95. The Morgan fingerprint density at radius 1 is 0.964 bits per heavy atom. The van der Waals surface area contributed by atoms with Crippen molar-refractivity contribution < 1.29 is 22.6 Å². The molecule has 3 aromatic carbocycles. The molecule has 0 unspecified atom stereocenters. The molecule has 0 N–H and O–H groups in total. The third-order valence-corrected chi connectivity index (χ3v) is 4.38. The van der Waals surface area contributed by atoms with Gasteiger partial charge in [-0.1, -0.05) is 37.3 Å². The maximum absolute atomic E-state index is 14.5. The first-order valence-electron chi connectivity index (χ1n) is 9.06. The van der Waals surface area contributed by atoms with Crippen LogP contribution in [0, 0.1) is 5.82 Å². The lowest BCUT2D eigenvalue weighted by molar-refractivity contribution is -0.186. The van der Waals surface area contributed by atoms with Gasteiger partial charge in [0.05, 0.1) is 5.56 Å². The number of aryl methyl sites for hydroxylation is 1. The van der Waals surface area contributed by atoms with Crippen LogP contribution in [-0.2, 0) is 12.5 Å². The minimum atomic E-state index is -3.64. The fraction of sp³-hybridized carbons (Fsp3) is 0.217. The smallest absolute Gasteiger partial charge is 0.426 e. The third kappa shape index (κ3) is 4.47. The topological polar surface area (TPSA) is 18.5 Å². The molecule has 0 spiro atoms. The van der Waals surface area contributed by atoms with Crippen LogP contribution in [0.2, 0.25) is 0 Å². The van der Waals surface area contributed by atoms with Crippen LogP contribution >= 0.6 is 0 Å². The van der Waals surface area contributed by atoms with E-state index >= 15 is 0 Å². The van der Waals surface area contributed by atoms with Crippen molar-refractivity contribution in [3.63, 3.8) is 0 Å². The molecule has 5 heteroatoms. The van der Waals surface area contributed by atoms with E-state index in [9.17, 15) is 13.2 Å². The summed E-state index contributed by atoms with van der Waals surface area (Å²) in [5.41, 5.74) is 0.612. The van der Waals surface area contributed by atoms with Gasteiger partial charge in [0.15, 0.2) is 11.6 Å². The predicted octanol–water partition coefficient (Wildman–Crippen LogP) is 6.62. The van der Waals surface area contributed by atoms with Gasteiger partial charge in [-0.2, -0.15) is 8.78 Å². The van der Waals surface area contributed by atoms with E-state index < -0.39 is 17.7 Å². The second-order valence-corrected chi connectivity index (χ2v) is 6.34. The lowest BCUT2D eigenvalue weighted by Gasteiger charge is -2.19. The SMILES string of the molecule is C/C=C/COc1ccc2cc(OC(F)(F)c3ccc(CC)cc3)c(F)cc2c1. The van der Waals surface area contributed by atoms with E-state index in [1.165, 1.54) is 24.3 Å². The van der Waals surface area contributed by atoms with Gasteiger partial charge in [-0.05, 0) is 66.1 Å². The number of benzene rings is 3. The number of fused-ring (bicyclic) bond motifs is 1. The van der Waals surface area contributed by atoms with E-state index in [4.69, 9.17) is 9.47 Å². The molecule has 146 valence electrons. The van der Waals surface area contributed by atoms with Crippen molar-refractivity contribution in [1.29, 1.82) is 0 Å². The van der Waals surface area contributed by atoms with Crippen LogP contribution in [0.5, 0.6) is 11.5 Å². The van der Waals surface area contributed by atoms with Gasteiger partial charge < -0.3 is 9.47 Å². The molecule has 3 aromatic rings. The van der Waals surface area contributed by atoms with Crippen molar-refractivity contribution in [2.75, 3.05) is 6.61 Å². The molecule has 0 atom stereocenters. The highest BCUT2D eigenvalue weighted by Gasteiger charge is 2.35. The first-order chi connectivity index (χ1) is 13.4. The number of alkyl halides is 2. The average molecular weight is 386 g/mol. The lowest BCUT2D eigenvalue weighted by atomic mass is 10.1. The van der Waals surface area contributed by atoms with Crippen LogP contribution in [0.1, 0.15) is 25.0 Å². The van der Waals surface area contributed by atoms with Gasteiger partial charge >= 0.3 is 6.11 Å². The van der Waals surface area contributed by atoms with Crippen molar-refractivity contribution in [3.05, 3.63) is 83.7 Å². The van der Waals surface area contributed by atoms with Crippen LogP contribution in [-0.4, -0.2) is 6.61 Å². The Balaban J connectivity index is 1.85. The highest BCUT2D eigenvalue weighted by Crippen LogP contribution is 2.35. The minimum absolute atomic E-state index is 0.322. The monoisotopic (exact) mass is 386 g/mol. The van der Waals surface area contributed by atoms with Crippen LogP contribution < -0.4 is 9.47 Å². The number of hydrogen-bond acceptors (Lipinski definition) is 2. The van der Waals surface area contributed by atoms with Crippen molar-refractivity contribution >= 4 is 10.8 Å². The normalized spacial score (nSPS) is 11.9. The van der Waals surface area contributed by atoms with Gasteiger partial charge in [-0.15, -0.1) is 0 Å². The van der Waals surface area contributed by atoms with Crippen molar-refractivity contribution in [1.82, 2.24) is 0 Å². The molecule has 0 heterocycles. The number of hydrogen-bond donors (Lipinski definition) is 0. The zero-order valence-corrected chi connectivity index (χ0v) is 15.7. The third-order valence-electron chi connectivity index (χ3n) is 4.38. The number of ether oxygens (including phenoxy) is 2. The standard InChI is InChI=1S/C23H21F3O2/c1-3-5-12-27-20-11-8-17-15-22(21(24)14-18(17)13-20)28-23(25,26)19-9-6-16(4-2)7-10-19/h3,5-11,13-15H,4,12H2,1-2H3/b5-3+. The Morgan fingerprint density at radius 3 is 2.39 bits per heavy atom. The maximum Gasteiger partial charge on any atom is 0.426 e. The molecule has 0 amide bonds. The van der Waals surface area contributed by atoms with E-state index in [1.54, 1.807) is 30.3 Å². The number of halogens is 3. The van der Waals surface area contributed by atoms with Crippen LogP contribution in [0.15, 0.2) is 66.7 Å². The molecule has 0 radical (unpaired) electrons. The number of rotatable bonds is 7. The average Bonchev–Trinajstić information content (AvgIpc) is 2.69. The highest BCUT2D eigenvalue weighted by atomic mass is 19.3. The molecule has 0 aliphatic rings. The van der Waals surface area contributed by atoms with E-state index in [0.717, 1.165) is 12.0 Å². The summed E-state index contributed by atoms with van der Waals surface area (Å²) < 4.78 is 53.7. The molecule has 3 rings (SSSR count). The fourth-order valence-electron chi connectivity index (χ4n) is 2.77.